The lowest BCUT2D eigenvalue weighted by molar-refractivity contribution is 0.0984. The van der Waals surface area contributed by atoms with Crippen molar-refractivity contribution in [2.45, 2.75) is 25.5 Å². The summed E-state index contributed by atoms with van der Waals surface area (Å²) in [4.78, 5) is 12.2. The maximum Gasteiger partial charge on any atom is 0.167 e. The smallest absolute Gasteiger partial charge is 0.167 e. The van der Waals surface area contributed by atoms with Gasteiger partial charge in [0.1, 0.15) is 6.61 Å². The lowest BCUT2D eigenvalue weighted by Gasteiger charge is -2.21. The molecule has 0 saturated heterocycles. The highest BCUT2D eigenvalue weighted by atomic mass is 32.2. The fourth-order valence-corrected chi connectivity index (χ4v) is 2.94. The van der Waals surface area contributed by atoms with Crippen molar-refractivity contribution in [2.24, 2.45) is 0 Å². The molecule has 20 heavy (non-hydrogen) atoms. The van der Waals surface area contributed by atoms with E-state index in [0.717, 1.165) is 5.69 Å². The Hall–Kier alpha value is -1.56. The second-order valence-corrected chi connectivity index (χ2v) is 7.72. The van der Waals surface area contributed by atoms with E-state index in [9.17, 15) is 13.2 Å². The van der Waals surface area contributed by atoms with Crippen LogP contribution >= 0.6 is 0 Å². The molecular weight excluding hydrogens is 278 g/mol. The quantitative estimate of drug-likeness (QED) is 0.840. The lowest BCUT2D eigenvalue weighted by atomic mass is 10.1. The van der Waals surface area contributed by atoms with Gasteiger partial charge in [-0.1, -0.05) is 6.07 Å². The number of hydrogen-bond acceptors (Lipinski definition) is 5. The van der Waals surface area contributed by atoms with Crippen LogP contribution in [0.5, 0.6) is 5.75 Å². The first-order valence-corrected chi connectivity index (χ1v) is 8.38. The van der Waals surface area contributed by atoms with Gasteiger partial charge in [0.25, 0.3) is 0 Å². The molecule has 1 heterocycles. The van der Waals surface area contributed by atoms with Gasteiger partial charge >= 0.3 is 0 Å². The number of ether oxygens (including phenoxy) is 1. The fraction of sp³-hybridized carbons (Fsp3) is 0.500. The van der Waals surface area contributed by atoms with E-state index in [0.29, 0.717) is 24.5 Å². The Morgan fingerprint density at radius 3 is 2.85 bits per heavy atom. The highest BCUT2D eigenvalue weighted by molar-refractivity contribution is 7.91. The van der Waals surface area contributed by atoms with Gasteiger partial charge in [0.15, 0.2) is 21.4 Å². The third kappa shape index (κ3) is 3.12. The number of benzene rings is 1. The third-order valence-corrected chi connectivity index (χ3v) is 5.52. The molecule has 0 unspecified atom stereocenters. The number of carbonyl (C=O) groups excluding carboxylic acids is 1. The van der Waals surface area contributed by atoms with E-state index < -0.39 is 15.1 Å². The molecule has 0 aromatic heterocycles. The Bertz CT molecular complexity index is 608. The van der Waals surface area contributed by atoms with Gasteiger partial charge < -0.3 is 10.1 Å². The Morgan fingerprint density at radius 2 is 2.15 bits per heavy atom. The molecule has 0 aliphatic carbocycles. The molecule has 2 rings (SSSR count). The highest BCUT2D eigenvalue weighted by Crippen LogP contribution is 2.32. The highest BCUT2D eigenvalue weighted by Gasteiger charge is 2.22. The van der Waals surface area contributed by atoms with E-state index in [4.69, 9.17) is 4.74 Å². The van der Waals surface area contributed by atoms with Crippen molar-refractivity contribution in [1.29, 1.82) is 0 Å². The maximum absolute atomic E-state index is 12.2. The summed E-state index contributed by atoms with van der Waals surface area (Å²) in [5.74, 6) is 0.209. The summed E-state index contributed by atoms with van der Waals surface area (Å²) in [5, 5.41) is 2.69. The Kier molecular flexibility index (Phi) is 4.32. The summed E-state index contributed by atoms with van der Waals surface area (Å²) in [6.07, 6.45) is -0.0136. The van der Waals surface area contributed by atoms with E-state index >= 15 is 0 Å². The van der Waals surface area contributed by atoms with E-state index in [1.807, 2.05) is 6.07 Å². The van der Waals surface area contributed by atoms with Crippen LogP contribution in [0, 0.1) is 0 Å². The Labute approximate surface area is 119 Å². The number of rotatable bonds is 5. The van der Waals surface area contributed by atoms with Crippen molar-refractivity contribution in [1.82, 2.24) is 0 Å². The van der Waals surface area contributed by atoms with Crippen molar-refractivity contribution >= 4 is 21.3 Å². The molecule has 1 aromatic carbocycles. The summed E-state index contributed by atoms with van der Waals surface area (Å²) >= 11 is 0. The number of para-hydroxylation sites is 1. The maximum atomic E-state index is 12.2. The van der Waals surface area contributed by atoms with Gasteiger partial charge in [-0.15, -0.1) is 0 Å². The zero-order chi connectivity index (χ0) is 14.8. The van der Waals surface area contributed by atoms with Crippen LogP contribution in [0.1, 0.15) is 30.6 Å². The normalized spacial score (nSPS) is 14.3. The number of sulfone groups is 1. The van der Waals surface area contributed by atoms with Crippen molar-refractivity contribution in [3.63, 3.8) is 0 Å². The molecule has 0 radical (unpaired) electrons. The second kappa shape index (κ2) is 5.83. The largest absolute Gasteiger partial charge is 0.489 e. The van der Waals surface area contributed by atoms with Crippen LogP contribution in [0.3, 0.4) is 0 Å². The minimum atomic E-state index is -3.20. The summed E-state index contributed by atoms with van der Waals surface area (Å²) in [6.45, 7) is 4.45. The molecule has 5 nitrogen and oxygen atoms in total. The summed E-state index contributed by atoms with van der Waals surface area (Å²) < 4.78 is 29.0. The molecule has 1 aliphatic heterocycles. The molecule has 1 aromatic rings. The average molecular weight is 297 g/mol. The molecule has 110 valence electrons. The second-order valence-electron chi connectivity index (χ2n) is 5.05. The van der Waals surface area contributed by atoms with Crippen LogP contribution in [0.2, 0.25) is 0 Å². The SMILES string of the molecule is CC(C)S(=O)(=O)CCC(=O)c1cccc2c1OCCN2. The van der Waals surface area contributed by atoms with Gasteiger partial charge in [-0.2, -0.15) is 0 Å². The van der Waals surface area contributed by atoms with Crippen molar-refractivity contribution in [3.8, 4) is 5.75 Å². The number of carbonyl (C=O) groups is 1. The van der Waals surface area contributed by atoms with E-state index in [-0.39, 0.29) is 18.0 Å². The van der Waals surface area contributed by atoms with Crippen molar-refractivity contribution in [2.75, 3.05) is 24.2 Å². The number of anilines is 1. The number of hydrogen-bond donors (Lipinski definition) is 1. The molecule has 0 saturated carbocycles. The molecule has 1 aliphatic rings. The van der Waals surface area contributed by atoms with Crippen LogP contribution in [0.15, 0.2) is 18.2 Å². The van der Waals surface area contributed by atoms with Crippen molar-refractivity contribution in [3.05, 3.63) is 23.8 Å². The number of fused-ring (bicyclic) bond motifs is 1. The molecule has 0 atom stereocenters. The zero-order valence-corrected chi connectivity index (χ0v) is 12.5. The topological polar surface area (TPSA) is 72.5 Å². The Balaban J connectivity index is 2.15. The van der Waals surface area contributed by atoms with Gasteiger partial charge in [0, 0.05) is 13.0 Å². The van der Waals surface area contributed by atoms with Gasteiger partial charge in [-0.25, -0.2) is 8.42 Å². The van der Waals surface area contributed by atoms with Gasteiger partial charge in [-0.3, -0.25) is 4.79 Å². The fourth-order valence-electron chi connectivity index (χ4n) is 2.00. The lowest BCUT2D eigenvalue weighted by Crippen LogP contribution is -2.22. The molecule has 6 heteroatoms. The predicted molar refractivity (Wildman–Crippen MR) is 78.3 cm³/mol. The first-order chi connectivity index (χ1) is 9.42. The van der Waals surface area contributed by atoms with Gasteiger partial charge in [0.05, 0.1) is 22.3 Å². The third-order valence-electron chi connectivity index (χ3n) is 3.31. The molecule has 1 N–H and O–H groups in total. The van der Waals surface area contributed by atoms with Crippen LogP contribution < -0.4 is 10.1 Å². The summed E-state index contributed by atoms with van der Waals surface area (Å²) in [7, 11) is -3.20. The standard InChI is InChI=1S/C14H19NO4S/c1-10(2)20(17,18)9-6-13(16)11-4-3-5-12-14(11)19-8-7-15-12/h3-5,10,15H,6-9H2,1-2H3. The van der Waals surface area contributed by atoms with Crippen molar-refractivity contribution < 1.29 is 17.9 Å². The predicted octanol–water partition coefficient (Wildman–Crippen LogP) is 1.89. The molecule has 0 spiro atoms. The van der Waals surface area contributed by atoms with E-state index in [2.05, 4.69) is 5.32 Å². The van der Waals surface area contributed by atoms with Crippen LogP contribution in [0.4, 0.5) is 5.69 Å². The molecule has 0 fully saturated rings. The number of nitrogens with one attached hydrogen (secondary N) is 1. The van der Waals surface area contributed by atoms with Gasteiger partial charge in [0.2, 0.25) is 0 Å². The van der Waals surface area contributed by atoms with Crippen LogP contribution in [-0.4, -0.2) is 38.4 Å². The molecular formula is C14H19NO4S. The van der Waals surface area contributed by atoms with E-state index in [1.165, 1.54) is 0 Å². The van der Waals surface area contributed by atoms with Gasteiger partial charge in [-0.05, 0) is 26.0 Å². The first kappa shape index (κ1) is 14.8. The average Bonchev–Trinajstić information content (AvgIpc) is 2.44. The van der Waals surface area contributed by atoms with E-state index in [1.54, 1.807) is 26.0 Å². The minimum absolute atomic E-state index is 0.0136. The summed E-state index contributed by atoms with van der Waals surface area (Å²) in [5.41, 5.74) is 1.24. The van der Waals surface area contributed by atoms with Crippen LogP contribution in [0.25, 0.3) is 0 Å². The summed E-state index contributed by atoms with van der Waals surface area (Å²) in [6, 6.07) is 5.29. The minimum Gasteiger partial charge on any atom is -0.489 e. The monoisotopic (exact) mass is 297 g/mol. The molecule has 0 bridgehead atoms. The molecule has 0 amide bonds. The number of ketones is 1. The zero-order valence-electron chi connectivity index (χ0n) is 11.7. The number of Topliss-reactive ketones (excluding diaryl/α,β-unsaturated/α-hetero) is 1. The van der Waals surface area contributed by atoms with Crippen LogP contribution in [-0.2, 0) is 9.84 Å². The first-order valence-electron chi connectivity index (χ1n) is 6.66. The Morgan fingerprint density at radius 1 is 1.40 bits per heavy atom.